The highest BCUT2D eigenvalue weighted by Crippen LogP contribution is 2.36. The Kier molecular flexibility index (Phi) is 2.78. The minimum atomic E-state index is 0.434. The van der Waals surface area contributed by atoms with Crippen molar-refractivity contribution >= 4 is 57.6 Å². The summed E-state index contributed by atoms with van der Waals surface area (Å²) in [6, 6.07) is 1.71. The van der Waals surface area contributed by atoms with Crippen molar-refractivity contribution in [1.29, 1.82) is 0 Å². The predicted octanol–water partition coefficient (Wildman–Crippen LogP) is 2.37. The van der Waals surface area contributed by atoms with Crippen LogP contribution in [0.25, 0.3) is 11.0 Å². The Balaban J connectivity index is 2.12. The van der Waals surface area contributed by atoms with E-state index >= 15 is 0 Å². The summed E-state index contributed by atoms with van der Waals surface area (Å²) in [5, 5.41) is 7.09. The van der Waals surface area contributed by atoms with Gasteiger partial charge in [-0.3, -0.25) is 4.99 Å². The van der Waals surface area contributed by atoms with Crippen molar-refractivity contribution in [3.63, 3.8) is 0 Å². The van der Waals surface area contributed by atoms with Gasteiger partial charge in [-0.25, -0.2) is 0 Å². The van der Waals surface area contributed by atoms with Crippen LogP contribution in [0.4, 0.5) is 5.69 Å². The van der Waals surface area contributed by atoms with Gasteiger partial charge < -0.3 is 10.6 Å². The molecule has 2 aromatic rings. The Morgan fingerprint density at radius 3 is 3.00 bits per heavy atom. The third kappa shape index (κ3) is 1.92. The number of anilines is 1. The summed E-state index contributed by atoms with van der Waals surface area (Å²) in [5.41, 5.74) is 2.09. The van der Waals surface area contributed by atoms with E-state index in [9.17, 15) is 0 Å². The third-order valence-electron chi connectivity index (χ3n) is 2.36. The maximum absolute atomic E-state index is 6.17. The topological polar surface area (TPSA) is 62.2 Å². The molecule has 0 bridgehead atoms. The Bertz CT molecular complexity index is 609. The molecule has 88 valence electrons. The van der Waals surface area contributed by atoms with Gasteiger partial charge in [0.15, 0.2) is 5.96 Å². The fraction of sp³-hybridized carbons (Fsp3) is 0.222. The molecule has 17 heavy (non-hydrogen) atoms. The van der Waals surface area contributed by atoms with Crippen molar-refractivity contribution in [3.8, 4) is 0 Å². The quantitative estimate of drug-likeness (QED) is 0.845. The van der Waals surface area contributed by atoms with Crippen molar-refractivity contribution in [2.45, 2.75) is 0 Å². The van der Waals surface area contributed by atoms with Gasteiger partial charge in [0.05, 0.1) is 34.0 Å². The maximum Gasteiger partial charge on any atom is 0.196 e. The lowest BCUT2D eigenvalue weighted by atomic mass is 10.2. The Hall–Kier alpha value is -1.11. The van der Waals surface area contributed by atoms with E-state index in [-0.39, 0.29) is 0 Å². The first-order valence-electron chi connectivity index (χ1n) is 4.91. The van der Waals surface area contributed by atoms with Crippen LogP contribution in [0.2, 0.25) is 10.0 Å². The van der Waals surface area contributed by atoms with Crippen LogP contribution in [-0.2, 0) is 0 Å². The molecule has 0 aliphatic carbocycles. The number of nitrogens with one attached hydrogen (secondary N) is 2. The zero-order chi connectivity index (χ0) is 11.8. The standard InChI is InChI=1S/C9H7Cl2N5S/c10-4-3-5-7(16-17-15-5)8(6(4)11)14-9-12-1-2-13-9/h3H,1-2H2,(H2,12,13,14). The Morgan fingerprint density at radius 2 is 2.24 bits per heavy atom. The summed E-state index contributed by atoms with van der Waals surface area (Å²) in [6.07, 6.45) is 0. The maximum atomic E-state index is 6.17. The van der Waals surface area contributed by atoms with Gasteiger partial charge in [0.1, 0.15) is 11.0 Å². The molecule has 0 atom stereocenters. The molecule has 0 saturated carbocycles. The molecule has 1 aliphatic rings. The average Bonchev–Trinajstić information content (AvgIpc) is 2.94. The highest BCUT2D eigenvalue weighted by molar-refractivity contribution is 7.00. The SMILES string of the molecule is Clc1cc2nsnc2c(NC2=NCCN2)c1Cl. The molecular weight excluding hydrogens is 281 g/mol. The first kappa shape index (κ1) is 11.0. The number of hydrogen-bond acceptors (Lipinski definition) is 6. The number of benzene rings is 1. The van der Waals surface area contributed by atoms with Gasteiger partial charge in [-0.1, -0.05) is 23.2 Å². The van der Waals surface area contributed by atoms with Crippen LogP contribution in [0.1, 0.15) is 0 Å². The van der Waals surface area contributed by atoms with E-state index in [1.807, 2.05) is 0 Å². The van der Waals surface area contributed by atoms with Gasteiger partial charge in [-0.2, -0.15) is 8.75 Å². The Labute approximate surface area is 111 Å². The highest BCUT2D eigenvalue weighted by Gasteiger charge is 2.16. The predicted molar refractivity (Wildman–Crippen MR) is 71.4 cm³/mol. The molecular formula is C9H7Cl2N5S. The first-order valence-corrected chi connectivity index (χ1v) is 6.40. The van der Waals surface area contributed by atoms with Gasteiger partial charge in [0.25, 0.3) is 0 Å². The van der Waals surface area contributed by atoms with Gasteiger partial charge in [-0.05, 0) is 6.07 Å². The van der Waals surface area contributed by atoms with Crippen LogP contribution in [-0.4, -0.2) is 27.8 Å². The zero-order valence-electron chi connectivity index (χ0n) is 8.50. The van der Waals surface area contributed by atoms with E-state index in [0.29, 0.717) is 27.2 Å². The number of aromatic nitrogens is 2. The molecule has 2 heterocycles. The van der Waals surface area contributed by atoms with Gasteiger partial charge in [-0.15, -0.1) is 0 Å². The van der Waals surface area contributed by atoms with Crippen LogP contribution in [0.5, 0.6) is 0 Å². The van der Waals surface area contributed by atoms with Crippen molar-refractivity contribution in [2.75, 3.05) is 18.4 Å². The number of aliphatic imine (C=N–C) groups is 1. The minimum Gasteiger partial charge on any atom is -0.354 e. The van der Waals surface area contributed by atoms with Crippen molar-refractivity contribution in [1.82, 2.24) is 14.1 Å². The minimum absolute atomic E-state index is 0.434. The largest absolute Gasteiger partial charge is 0.354 e. The number of guanidine groups is 1. The van der Waals surface area contributed by atoms with E-state index in [4.69, 9.17) is 23.2 Å². The van der Waals surface area contributed by atoms with E-state index in [0.717, 1.165) is 30.3 Å². The van der Waals surface area contributed by atoms with Crippen LogP contribution in [0.15, 0.2) is 11.1 Å². The lowest BCUT2D eigenvalue weighted by Gasteiger charge is -2.09. The molecule has 2 N–H and O–H groups in total. The van der Waals surface area contributed by atoms with Crippen LogP contribution in [0.3, 0.4) is 0 Å². The van der Waals surface area contributed by atoms with E-state index in [1.54, 1.807) is 6.07 Å². The molecule has 1 aliphatic heterocycles. The summed E-state index contributed by atoms with van der Waals surface area (Å²) in [6.45, 7) is 1.57. The lowest BCUT2D eigenvalue weighted by Crippen LogP contribution is -2.26. The second kappa shape index (κ2) is 4.29. The molecule has 5 nitrogen and oxygen atoms in total. The van der Waals surface area contributed by atoms with Gasteiger partial charge >= 0.3 is 0 Å². The van der Waals surface area contributed by atoms with E-state index in [2.05, 4.69) is 24.4 Å². The fourth-order valence-electron chi connectivity index (χ4n) is 1.58. The molecule has 0 amide bonds. The number of halogens is 2. The van der Waals surface area contributed by atoms with E-state index < -0.39 is 0 Å². The summed E-state index contributed by atoms with van der Waals surface area (Å²) < 4.78 is 8.35. The third-order valence-corrected chi connectivity index (χ3v) is 3.69. The molecule has 1 aromatic heterocycles. The smallest absolute Gasteiger partial charge is 0.196 e. The summed E-state index contributed by atoms with van der Waals surface area (Å²) in [7, 11) is 0. The van der Waals surface area contributed by atoms with Gasteiger partial charge in [0, 0.05) is 6.54 Å². The van der Waals surface area contributed by atoms with Gasteiger partial charge in [0.2, 0.25) is 0 Å². The average molecular weight is 288 g/mol. The first-order chi connectivity index (χ1) is 8.25. The summed E-state index contributed by atoms with van der Waals surface area (Å²) in [5.74, 6) is 0.684. The number of rotatable bonds is 1. The molecule has 0 saturated heterocycles. The normalized spacial score (nSPS) is 14.8. The van der Waals surface area contributed by atoms with Crippen molar-refractivity contribution in [3.05, 3.63) is 16.1 Å². The second-order valence-corrected chi connectivity index (χ2v) is 4.78. The number of nitrogens with zero attached hydrogens (tertiary/aromatic N) is 3. The molecule has 0 spiro atoms. The fourth-order valence-corrected chi connectivity index (χ4v) is 2.51. The molecule has 0 fully saturated rings. The second-order valence-electron chi connectivity index (χ2n) is 3.46. The van der Waals surface area contributed by atoms with Crippen molar-refractivity contribution in [2.24, 2.45) is 4.99 Å². The zero-order valence-corrected chi connectivity index (χ0v) is 10.8. The highest BCUT2D eigenvalue weighted by atomic mass is 35.5. The van der Waals surface area contributed by atoms with E-state index in [1.165, 1.54) is 0 Å². The number of hydrogen-bond donors (Lipinski definition) is 2. The lowest BCUT2D eigenvalue weighted by molar-refractivity contribution is 0.959. The number of fused-ring (bicyclic) bond motifs is 1. The summed E-state index contributed by atoms with van der Waals surface area (Å²) >= 11 is 13.3. The van der Waals surface area contributed by atoms with Crippen molar-refractivity contribution < 1.29 is 0 Å². The Morgan fingerprint density at radius 1 is 1.35 bits per heavy atom. The molecule has 0 unspecified atom stereocenters. The monoisotopic (exact) mass is 287 g/mol. The van der Waals surface area contributed by atoms with Crippen LogP contribution < -0.4 is 10.6 Å². The molecule has 1 aromatic carbocycles. The summed E-state index contributed by atoms with van der Waals surface area (Å²) in [4.78, 5) is 4.24. The molecule has 0 radical (unpaired) electrons. The molecule has 3 rings (SSSR count). The molecule has 8 heteroatoms. The van der Waals surface area contributed by atoms with Crippen LogP contribution in [0, 0.1) is 0 Å². The van der Waals surface area contributed by atoms with Crippen LogP contribution >= 0.6 is 34.9 Å².